The number of anilines is 1. The number of aromatic nitrogens is 2. The van der Waals surface area contributed by atoms with Gasteiger partial charge in [0.15, 0.2) is 0 Å². The summed E-state index contributed by atoms with van der Waals surface area (Å²) >= 11 is 1.32. The van der Waals surface area contributed by atoms with Crippen LogP contribution in [0.2, 0.25) is 0 Å². The minimum absolute atomic E-state index is 0.0783. The first-order chi connectivity index (χ1) is 9.62. The first-order valence-electron chi connectivity index (χ1n) is 7.11. The lowest BCUT2D eigenvalue weighted by atomic mass is 9.89. The van der Waals surface area contributed by atoms with Crippen LogP contribution in [0.5, 0.6) is 0 Å². The third kappa shape index (κ3) is 3.89. The van der Waals surface area contributed by atoms with Crippen molar-refractivity contribution in [1.29, 1.82) is 0 Å². The second-order valence-corrected chi connectivity index (χ2v) is 6.42. The van der Waals surface area contributed by atoms with Crippen LogP contribution < -0.4 is 10.6 Å². The van der Waals surface area contributed by atoms with Gasteiger partial charge in [-0.15, -0.1) is 10.2 Å². The molecule has 2 rings (SSSR count). The fraction of sp³-hybridized carbons (Fsp3) is 0.769. The molecule has 0 saturated heterocycles. The van der Waals surface area contributed by atoms with Crippen LogP contribution in [0.1, 0.15) is 38.5 Å². The number of hydrogen-bond donors (Lipinski definition) is 2. The lowest BCUT2D eigenvalue weighted by molar-refractivity contribution is 0.129. The molecule has 6 nitrogen and oxygen atoms in total. The molecule has 2 N–H and O–H groups in total. The quantitative estimate of drug-likeness (QED) is 0.837. The van der Waals surface area contributed by atoms with E-state index in [0.717, 1.165) is 12.8 Å². The van der Waals surface area contributed by atoms with Crippen molar-refractivity contribution in [3.63, 3.8) is 0 Å². The number of carbonyl (C=O) groups excluding carboxylic acids is 1. The predicted molar refractivity (Wildman–Crippen MR) is 81.1 cm³/mol. The van der Waals surface area contributed by atoms with Crippen LogP contribution in [-0.4, -0.2) is 47.3 Å². The summed E-state index contributed by atoms with van der Waals surface area (Å²) in [5.74, 6) is 0. The Morgan fingerprint density at radius 2 is 2.05 bits per heavy atom. The van der Waals surface area contributed by atoms with Gasteiger partial charge in [-0.25, -0.2) is 4.79 Å². The van der Waals surface area contributed by atoms with E-state index in [2.05, 4.69) is 39.8 Å². The molecule has 1 heterocycles. The standard InChI is InChI=1S/C13H23N5OS/c1-18(2)13(7-5-3-4-6-8-13)9-14-11(19)16-12-17-15-10-20-12/h10H,3-9H2,1-2H3,(H2,14,16,17,19). The molecule has 7 heteroatoms. The van der Waals surface area contributed by atoms with Crippen LogP contribution >= 0.6 is 11.3 Å². The van der Waals surface area contributed by atoms with Gasteiger partial charge in [0.2, 0.25) is 5.13 Å². The van der Waals surface area contributed by atoms with E-state index in [1.807, 2.05) is 0 Å². The van der Waals surface area contributed by atoms with Gasteiger partial charge in [0, 0.05) is 12.1 Å². The Bertz CT molecular complexity index is 412. The molecule has 1 aromatic heterocycles. The van der Waals surface area contributed by atoms with E-state index in [4.69, 9.17) is 0 Å². The molecule has 0 aliphatic heterocycles. The minimum Gasteiger partial charge on any atom is -0.336 e. The second kappa shape index (κ2) is 6.99. The highest BCUT2D eigenvalue weighted by Gasteiger charge is 2.33. The molecule has 0 unspecified atom stereocenters. The number of rotatable bonds is 4. The predicted octanol–water partition coefficient (Wildman–Crippen LogP) is 2.31. The van der Waals surface area contributed by atoms with Gasteiger partial charge in [-0.05, 0) is 26.9 Å². The average molecular weight is 297 g/mol. The summed E-state index contributed by atoms with van der Waals surface area (Å²) in [6, 6.07) is -0.202. The van der Waals surface area contributed by atoms with Crippen molar-refractivity contribution < 1.29 is 4.79 Å². The highest BCUT2D eigenvalue weighted by Crippen LogP contribution is 2.30. The zero-order valence-corrected chi connectivity index (χ0v) is 13.0. The third-order valence-electron chi connectivity index (χ3n) is 4.14. The molecule has 20 heavy (non-hydrogen) atoms. The van der Waals surface area contributed by atoms with E-state index in [1.165, 1.54) is 37.0 Å². The molecule has 1 aliphatic carbocycles. The van der Waals surface area contributed by atoms with Crippen LogP contribution in [0.4, 0.5) is 9.93 Å². The van der Waals surface area contributed by atoms with Gasteiger partial charge in [-0.1, -0.05) is 37.0 Å². The molecule has 0 aromatic carbocycles. The number of likely N-dealkylation sites (N-methyl/N-ethyl adjacent to an activating group) is 1. The Morgan fingerprint density at radius 1 is 1.35 bits per heavy atom. The second-order valence-electron chi connectivity index (χ2n) is 5.58. The summed E-state index contributed by atoms with van der Waals surface area (Å²) in [5, 5.41) is 13.7. The van der Waals surface area contributed by atoms with Crippen LogP contribution in [0, 0.1) is 0 Å². The molecule has 112 valence electrons. The van der Waals surface area contributed by atoms with E-state index in [-0.39, 0.29) is 11.6 Å². The zero-order valence-electron chi connectivity index (χ0n) is 12.2. The third-order valence-corrected chi connectivity index (χ3v) is 4.75. The first kappa shape index (κ1) is 15.2. The lowest BCUT2D eigenvalue weighted by Crippen LogP contribution is -2.53. The number of nitrogens with zero attached hydrogens (tertiary/aromatic N) is 3. The van der Waals surface area contributed by atoms with Gasteiger partial charge in [0.25, 0.3) is 0 Å². The van der Waals surface area contributed by atoms with E-state index >= 15 is 0 Å². The van der Waals surface area contributed by atoms with Gasteiger partial charge in [-0.3, -0.25) is 5.32 Å². The highest BCUT2D eigenvalue weighted by atomic mass is 32.1. The largest absolute Gasteiger partial charge is 0.336 e. The summed E-state index contributed by atoms with van der Waals surface area (Å²) in [4.78, 5) is 14.2. The summed E-state index contributed by atoms with van der Waals surface area (Å²) in [6.45, 7) is 0.671. The van der Waals surface area contributed by atoms with Gasteiger partial charge < -0.3 is 10.2 Å². The fourth-order valence-corrected chi connectivity index (χ4v) is 3.22. The number of urea groups is 1. The van der Waals surface area contributed by atoms with Gasteiger partial charge in [0.05, 0.1) is 0 Å². The van der Waals surface area contributed by atoms with E-state index in [9.17, 15) is 4.79 Å². The Balaban J connectivity index is 1.89. The van der Waals surface area contributed by atoms with Gasteiger partial charge in [-0.2, -0.15) is 0 Å². The monoisotopic (exact) mass is 297 g/mol. The molecular weight excluding hydrogens is 274 g/mol. The van der Waals surface area contributed by atoms with Gasteiger partial charge >= 0.3 is 6.03 Å². The molecule has 0 radical (unpaired) electrons. The van der Waals surface area contributed by atoms with Crippen molar-refractivity contribution in [2.24, 2.45) is 0 Å². The Labute approximate surface area is 124 Å². The van der Waals surface area contributed by atoms with E-state index in [0.29, 0.717) is 11.7 Å². The molecule has 1 fully saturated rings. The number of hydrogen-bond acceptors (Lipinski definition) is 5. The van der Waals surface area contributed by atoms with Crippen molar-refractivity contribution >= 4 is 22.5 Å². The zero-order chi connectivity index (χ0) is 14.4. The molecule has 2 amide bonds. The topological polar surface area (TPSA) is 70.2 Å². The average Bonchev–Trinajstić information content (AvgIpc) is 2.79. The minimum atomic E-state index is -0.202. The summed E-state index contributed by atoms with van der Waals surface area (Å²) in [6.07, 6.45) is 7.34. The van der Waals surface area contributed by atoms with Crippen molar-refractivity contribution in [2.75, 3.05) is 26.0 Å². The van der Waals surface area contributed by atoms with Gasteiger partial charge in [0.1, 0.15) is 5.51 Å². The fourth-order valence-electron chi connectivity index (χ4n) is 2.78. The Morgan fingerprint density at radius 3 is 2.60 bits per heavy atom. The first-order valence-corrected chi connectivity index (χ1v) is 7.99. The van der Waals surface area contributed by atoms with Crippen molar-refractivity contribution in [3.05, 3.63) is 5.51 Å². The molecule has 1 aromatic rings. The summed E-state index contributed by atoms with van der Waals surface area (Å²) < 4.78 is 0. The number of nitrogens with one attached hydrogen (secondary N) is 2. The van der Waals surface area contributed by atoms with Crippen molar-refractivity contribution in [1.82, 2.24) is 20.4 Å². The molecule has 1 saturated carbocycles. The molecule has 0 atom stereocenters. The van der Waals surface area contributed by atoms with Crippen LogP contribution in [0.25, 0.3) is 0 Å². The molecule has 1 aliphatic rings. The number of amides is 2. The lowest BCUT2D eigenvalue weighted by Gasteiger charge is -2.39. The van der Waals surface area contributed by atoms with Crippen molar-refractivity contribution in [3.8, 4) is 0 Å². The molecule has 0 spiro atoms. The Kier molecular flexibility index (Phi) is 5.31. The summed E-state index contributed by atoms with van der Waals surface area (Å²) in [5.41, 5.74) is 1.68. The maximum Gasteiger partial charge on any atom is 0.321 e. The van der Waals surface area contributed by atoms with E-state index < -0.39 is 0 Å². The normalized spacial score (nSPS) is 18.6. The highest BCUT2D eigenvalue weighted by molar-refractivity contribution is 7.13. The van der Waals surface area contributed by atoms with Crippen LogP contribution in [0.15, 0.2) is 5.51 Å². The maximum absolute atomic E-state index is 11.9. The van der Waals surface area contributed by atoms with E-state index in [1.54, 1.807) is 5.51 Å². The SMILES string of the molecule is CN(C)C1(CNC(=O)Nc2nncs2)CCCCCC1. The smallest absolute Gasteiger partial charge is 0.321 e. The molecule has 0 bridgehead atoms. The van der Waals surface area contributed by atoms with Crippen LogP contribution in [-0.2, 0) is 0 Å². The summed E-state index contributed by atoms with van der Waals surface area (Å²) in [7, 11) is 4.21. The van der Waals surface area contributed by atoms with Crippen LogP contribution in [0.3, 0.4) is 0 Å². The number of carbonyl (C=O) groups is 1. The Hall–Kier alpha value is -1.21. The van der Waals surface area contributed by atoms with Crippen molar-refractivity contribution in [2.45, 2.75) is 44.1 Å². The molecular formula is C13H23N5OS. The maximum atomic E-state index is 11.9.